The molecule has 1 atom stereocenters. The fourth-order valence-electron chi connectivity index (χ4n) is 1.99. The number of carbonyl (C=O) groups is 3. The molecular weight excluding hydrogens is 252 g/mol. The number of hydrogen-bond donors (Lipinski definition) is 2. The Balaban J connectivity index is 2.39. The number of likely N-dealkylation sites (tertiary alicyclic amines) is 1. The molecule has 2 N–H and O–H groups in total. The van der Waals surface area contributed by atoms with Gasteiger partial charge in [-0.1, -0.05) is 0 Å². The maximum Gasteiger partial charge on any atom is 0.407 e. The van der Waals surface area contributed by atoms with Gasteiger partial charge in [0.15, 0.2) is 0 Å². The maximum atomic E-state index is 11.9. The monoisotopic (exact) mass is 272 g/mol. The van der Waals surface area contributed by atoms with Crippen LogP contribution >= 0.6 is 0 Å². The average molecular weight is 272 g/mol. The molecule has 0 aromatic carbocycles. The molecule has 0 aromatic rings. The highest BCUT2D eigenvalue weighted by Crippen LogP contribution is 2.17. The third-order valence-electron chi connectivity index (χ3n) is 3.14. The van der Waals surface area contributed by atoms with Gasteiger partial charge in [-0.15, -0.1) is 0 Å². The lowest BCUT2D eigenvalue weighted by Crippen LogP contribution is -2.46. The molecule has 7 heteroatoms. The second-order valence-corrected chi connectivity index (χ2v) is 4.53. The standard InChI is InChI=1S/C12H20N2O5/c1-3-19-11(16)8(2)13-10(15)9-4-6-14(7-5-9)12(17)18/h8-9H,3-7H2,1-2H3,(H,13,15)(H,17,18). The van der Waals surface area contributed by atoms with Crippen LogP contribution in [0.1, 0.15) is 26.7 Å². The maximum absolute atomic E-state index is 11.9. The van der Waals surface area contributed by atoms with E-state index in [2.05, 4.69) is 5.32 Å². The Morgan fingerprint density at radius 3 is 2.42 bits per heavy atom. The summed E-state index contributed by atoms with van der Waals surface area (Å²) in [5.41, 5.74) is 0. The summed E-state index contributed by atoms with van der Waals surface area (Å²) in [7, 11) is 0. The predicted molar refractivity (Wildman–Crippen MR) is 66.6 cm³/mol. The predicted octanol–water partition coefficient (Wildman–Crippen LogP) is 0.444. The van der Waals surface area contributed by atoms with Gasteiger partial charge in [0.2, 0.25) is 5.91 Å². The van der Waals surface area contributed by atoms with Crippen LogP contribution in [0.4, 0.5) is 4.79 Å². The van der Waals surface area contributed by atoms with Crippen molar-refractivity contribution >= 4 is 18.0 Å². The van der Waals surface area contributed by atoms with Gasteiger partial charge >= 0.3 is 12.1 Å². The molecule has 1 heterocycles. The minimum Gasteiger partial charge on any atom is -0.465 e. The van der Waals surface area contributed by atoms with Gasteiger partial charge in [0.1, 0.15) is 6.04 Å². The number of hydrogen-bond acceptors (Lipinski definition) is 4. The van der Waals surface area contributed by atoms with Crippen molar-refractivity contribution in [3.8, 4) is 0 Å². The van der Waals surface area contributed by atoms with Crippen molar-refractivity contribution in [3.63, 3.8) is 0 Å². The number of rotatable bonds is 4. The van der Waals surface area contributed by atoms with E-state index in [1.54, 1.807) is 13.8 Å². The zero-order valence-corrected chi connectivity index (χ0v) is 11.2. The molecule has 1 fully saturated rings. The SMILES string of the molecule is CCOC(=O)C(C)NC(=O)C1CCN(C(=O)O)CC1. The lowest BCUT2D eigenvalue weighted by molar-refractivity contribution is -0.147. The number of nitrogens with one attached hydrogen (secondary N) is 1. The average Bonchev–Trinajstić information content (AvgIpc) is 2.38. The van der Waals surface area contributed by atoms with Gasteiger partial charge in [-0.2, -0.15) is 0 Å². The molecule has 2 amide bonds. The van der Waals surface area contributed by atoms with Gasteiger partial charge in [-0.25, -0.2) is 9.59 Å². The first-order valence-electron chi connectivity index (χ1n) is 6.40. The molecule has 0 saturated carbocycles. The Morgan fingerprint density at radius 1 is 1.37 bits per heavy atom. The molecular formula is C12H20N2O5. The van der Waals surface area contributed by atoms with Gasteiger partial charge in [-0.05, 0) is 26.7 Å². The fraction of sp³-hybridized carbons (Fsp3) is 0.750. The summed E-state index contributed by atoms with van der Waals surface area (Å²) in [5, 5.41) is 11.4. The molecule has 7 nitrogen and oxygen atoms in total. The van der Waals surface area contributed by atoms with E-state index in [9.17, 15) is 14.4 Å². The van der Waals surface area contributed by atoms with Crippen molar-refractivity contribution in [2.24, 2.45) is 5.92 Å². The van der Waals surface area contributed by atoms with Gasteiger partial charge < -0.3 is 20.1 Å². The Bertz CT molecular complexity index is 350. The largest absolute Gasteiger partial charge is 0.465 e. The van der Waals surface area contributed by atoms with E-state index in [0.717, 1.165) is 0 Å². The number of piperidine rings is 1. The molecule has 0 aromatic heterocycles. The van der Waals surface area contributed by atoms with Crippen molar-refractivity contribution in [2.75, 3.05) is 19.7 Å². The second kappa shape index (κ2) is 6.96. The molecule has 108 valence electrons. The second-order valence-electron chi connectivity index (χ2n) is 4.53. The fourth-order valence-corrected chi connectivity index (χ4v) is 1.99. The van der Waals surface area contributed by atoms with Crippen molar-refractivity contribution < 1.29 is 24.2 Å². The molecule has 1 unspecified atom stereocenters. The summed E-state index contributed by atoms with van der Waals surface area (Å²) in [6.45, 7) is 4.24. The first-order valence-corrected chi connectivity index (χ1v) is 6.40. The van der Waals surface area contributed by atoms with Gasteiger partial charge in [0.05, 0.1) is 6.61 Å². The summed E-state index contributed by atoms with van der Waals surface area (Å²) in [5.74, 6) is -0.920. The van der Waals surface area contributed by atoms with E-state index in [1.807, 2.05) is 0 Å². The summed E-state index contributed by atoms with van der Waals surface area (Å²) in [6, 6.07) is -0.676. The first kappa shape index (κ1) is 15.3. The van der Waals surface area contributed by atoms with Crippen molar-refractivity contribution in [3.05, 3.63) is 0 Å². The molecule has 0 spiro atoms. The zero-order chi connectivity index (χ0) is 14.4. The molecule has 0 aliphatic carbocycles. The number of amides is 2. The normalized spacial score (nSPS) is 17.7. The molecule has 0 bridgehead atoms. The Hall–Kier alpha value is -1.79. The van der Waals surface area contributed by atoms with E-state index in [4.69, 9.17) is 9.84 Å². The molecule has 1 aliphatic heterocycles. The topological polar surface area (TPSA) is 95.9 Å². The van der Waals surface area contributed by atoms with Crippen molar-refractivity contribution in [1.82, 2.24) is 10.2 Å². The quantitative estimate of drug-likeness (QED) is 0.724. The zero-order valence-electron chi connectivity index (χ0n) is 11.2. The van der Waals surface area contributed by atoms with E-state index < -0.39 is 18.1 Å². The number of ether oxygens (including phenoxy) is 1. The Morgan fingerprint density at radius 2 is 1.95 bits per heavy atom. The number of carboxylic acid groups (broad SMARTS) is 1. The summed E-state index contributed by atoms with van der Waals surface area (Å²) in [4.78, 5) is 35.3. The van der Waals surface area contributed by atoms with E-state index in [0.29, 0.717) is 25.9 Å². The highest BCUT2D eigenvalue weighted by atomic mass is 16.5. The highest BCUT2D eigenvalue weighted by Gasteiger charge is 2.28. The van der Waals surface area contributed by atoms with Gasteiger partial charge in [-0.3, -0.25) is 4.79 Å². The van der Waals surface area contributed by atoms with Crippen LogP contribution in [0.2, 0.25) is 0 Å². The van der Waals surface area contributed by atoms with E-state index >= 15 is 0 Å². The van der Waals surface area contributed by atoms with Crippen molar-refractivity contribution in [2.45, 2.75) is 32.7 Å². The van der Waals surface area contributed by atoms with Crippen LogP contribution in [0.15, 0.2) is 0 Å². The molecule has 1 rings (SSSR count). The highest BCUT2D eigenvalue weighted by molar-refractivity contribution is 5.85. The first-order chi connectivity index (χ1) is 8.95. The lowest BCUT2D eigenvalue weighted by Gasteiger charge is -2.29. The van der Waals surface area contributed by atoms with Crippen LogP contribution in [0.25, 0.3) is 0 Å². The van der Waals surface area contributed by atoms with Crippen LogP contribution in [0, 0.1) is 5.92 Å². The van der Waals surface area contributed by atoms with Crippen LogP contribution in [0.3, 0.4) is 0 Å². The van der Waals surface area contributed by atoms with Crippen LogP contribution in [-0.4, -0.2) is 53.7 Å². The van der Waals surface area contributed by atoms with Gasteiger partial charge in [0, 0.05) is 19.0 Å². The third-order valence-corrected chi connectivity index (χ3v) is 3.14. The molecule has 1 aliphatic rings. The van der Waals surface area contributed by atoms with E-state index in [-0.39, 0.29) is 18.4 Å². The van der Waals surface area contributed by atoms with Crippen LogP contribution in [0.5, 0.6) is 0 Å². The van der Waals surface area contributed by atoms with Gasteiger partial charge in [0.25, 0.3) is 0 Å². The van der Waals surface area contributed by atoms with E-state index in [1.165, 1.54) is 4.90 Å². The molecule has 1 saturated heterocycles. The van der Waals surface area contributed by atoms with Crippen molar-refractivity contribution in [1.29, 1.82) is 0 Å². The van der Waals surface area contributed by atoms with Crippen LogP contribution in [-0.2, 0) is 14.3 Å². The van der Waals surface area contributed by atoms with Crippen LogP contribution < -0.4 is 5.32 Å². The third kappa shape index (κ3) is 4.42. The minimum absolute atomic E-state index is 0.217. The number of nitrogens with zero attached hydrogens (tertiary/aromatic N) is 1. The minimum atomic E-state index is -0.959. The molecule has 19 heavy (non-hydrogen) atoms. The lowest BCUT2D eigenvalue weighted by atomic mass is 9.96. The number of esters is 1. The smallest absolute Gasteiger partial charge is 0.407 e. The molecule has 0 radical (unpaired) electrons. The number of carbonyl (C=O) groups excluding carboxylic acids is 2. The summed E-state index contributed by atoms with van der Waals surface area (Å²) < 4.78 is 4.80. The Labute approximate surface area is 111 Å². The Kier molecular flexibility index (Phi) is 5.59. The summed E-state index contributed by atoms with van der Waals surface area (Å²) >= 11 is 0. The summed E-state index contributed by atoms with van der Waals surface area (Å²) in [6.07, 6.45) is 0.000189.